The topological polar surface area (TPSA) is 330 Å². The third kappa shape index (κ3) is 8.03. The van der Waals surface area contributed by atoms with Gasteiger partial charge in [0.1, 0.15) is 42.7 Å². The summed E-state index contributed by atoms with van der Waals surface area (Å²) in [6.07, 6.45) is -12.0. The lowest BCUT2D eigenvalue weighted by molar-refractivity contribution is -0.316. The molecule has 18 N–H and O–H groups in total. The molecule has 0 aromatic heterocycles. The highest BCUT2D eigenvalue weighted by Crippen LogP contribution is 2.32. The maximum absolute atomic E-state index is 12.6. The largest absolute Gasteiger partial charge is 0.394 e. The fraction of sp³-hybridized carbons (Fsp3) is 0.962. The Kier molecular flexibility index (Phi) is 12.7. The number of carbonyl (C=O) groups excluding carboxylic acids is 1. The van der Waals surface area contributed by atoms with Gasteiger partial charge in [-0.15, -0.1) is 0 Å². The lowest BCUT2D eigenvalue weighted by Gasteiger charge is -2.49. The molecule has 0 radical (unpaired) electrons. The molecule has 0 aromatic carbocycles. The number of ether oxygens (including phenoxy) is 4. The van der Waals surface area contributed by atoms with Crippen molar-refractivity contribution in [2.75, 3.05) is 26.2 Å². The van der Waals surface area contributed by atoms with Crippen LogP contribution in [-0.2, 0) is 23.7 Å². The molecule has 15 atom stereocenters. The van der Waals surface area contributed by atoms with Gasteiger partial charge in [-0.1, -0.05) is 0 Å². The Balaban J connectivity index is 1.54. The minimum Gasteiger partial charge on any atom is -0.394 e. The van der Waals surface area contributed by atoms with E-state index in [0.717, 1.165) is 12.8 Å². The molecule has 2 heterocycles. The van der Waals surface area contributed by atoms with E-state index in [4.69, 9.17) is 47.6 Å². The molecule has 2 saturated heterocycles. The highest BCUT2D eigenvalue weighted by molar-refractivity contribution is 5.81. The summed E-state index contributed by atoms with van der Waals surface area (Å²) in [4.78, 5) is 12.6. The SMILES string of the molecule is NC[C@H](O)C(=O)N[C@@H]1C[C@H](N)[C@@H](O[C@H]2O[C@H](CN)[C@@H](O)C[C@H]2NCC2CC(N)C2)[C@H](O)[C@H]1O[C@H]1O[C@H](CO)[C@@H](O)[C@H](N)[C@H]1O. The fourth-order valence-corrected chi connectivity index (χ4v) is 6.33. The van der Waals surface area contributed by atoms with Gasteiger partial charge < -0.3 is 88.9 Å². The van der Waals surface area contributed by atoms with Gasteiger partial charge in [-0.3, -0.25) is 4.79 Å². The Morgan fingerprint density at radius 1 is 0.864 bits per heavy atom. The van der Waals surface area contributed by atoms with E-state index in [1.807, 2.05) is 0 Å². The zero-order valence-electron chi connectivity index (χ0n) is 24.6. The molecule has 2 aliphatic heterocycles. The molecule has 256 valence electrons. The second-order valence-electron chi connectivity index (χ2n) is 12.4. The summed E-state index contributed by atoms with van der Waals surface area (Å²) in [7, 11) is 0. The molecule has 0 unspecified atom stereocenters. The predicted octanol–water partition coefficient (Wildman–Crippen LogP) is -7.45. The second-order valence-corrected chi connectivity index (χ2v) is 12.4. The van der Waals surface area contributed by atoms with Gasteiger partial charge >= 0.3 is 0 Å². The van der Waals surface area contributed by atoms with Gasteiger partial charge in [0.05, 0.1) is 36.9 Å². The van der Waals surface area contributed by atoms with Crippen LogP contribution < -0.4 is 39.3 Å². The number of nitrogens with one attached hydrogen (secondary N) is 2. The molecular weight excluding hydrogens is 586 g/mol. The van der Waals surface area contributed by atoms with E-state index in [1.165, 1.54) is 0 Å². The van der Waals surface area contributed by atoms with E-state index in [2.05, 4.69) is 10.6 Å². The molecule has 18 heteroatoms. The van der Waals surface area contributed by atoms with Gasteiger partial charge in [0.25, 0.3) is 0 Å². The van der Waals surface area contributed by atoms with Gasteiger partial charge in [-0.25, -0.2) is 0 Å². The maximum Gasteiger partial charge on any atom is 0.250 e. The Morgan fingerprint density at radius 2 is 1.52 bits per heavy atom. The fourth-order valence-electron chi connectivity index (χ4n) is 6.33. The second kappa shape index (κ2) is 15.6. The molecule has 1 amide bonds. The van der Waals surface area contributed by atoms with Crippen molar-refractivity contribution in [1.82, 2.24) is 10.6 Å². The molecular formula is C26H51N7O11. The summed E-state index contributed by atoms with van der Waals surface area (Å²) in [5.41, 5.74) is 29.6. The van der Waals surface area contributed by atoms with Crippen molar-refractivity contribution in [2.45, 2.75) is 123 Å². The average Bonchev–Trinajstić information content (AvgIpc) is 2.98. The normalized spacial score (nSPS) is 47.1. The predicted molar refractivity (Wildman–Crippen MR) is 152 cm³/mol. The van der Waals surface area contributed by atoms with Crippen LogP contribution in [0.25, 0.3) is 0 Å². The van der Waals surface area contributed by atoms with Crippen LogP contribution in [0.3, 0.4) is 0 Å². The van der Waals surface area contributed by atoms with E-state index in [9.17, 15) is 35.4 Å². The molecule has 0 bridgehead atoms. The van der Waals surface area contributed by atoms with Crippen molar-refractivity contribution in [3.05, 3.63) is 0 Å². The summed E-state index contributed by atoms with van der Waals surface area (Å²) in [6.45, 7) is -0.376. The van der Waals surface area contributed by atoms with Crippen molar-refractivity contribution >= 4 is 5.91 Å². The third-order valence-corrected chi connectivity index (χ3v) is 9.13. The Labute approximate surface area is 255 Å². The van der Waals surface area contributed by atoms with E-state index < -0.39 is 104 Å². The first kappa shape index (κ1) is 35.7. The van der Waals surface area contributed by atoms with Gasteiger partial charge in [0.15, 0.2) is 12.6 Å². The van der Waals surface area contributed by atoms with Crippen LogP contribution in [0.4, 0.5) is 0 Å². The van der Waals surface area contributed by atoms with Crippen LogP contribution in [-0.4, -0.2) is 161 Å². The van der Waals surface area contributed by atoms with Crippen molar-refractivity contribution in [3.63, 3.8) is 0 Å². The highest BCUT2D eigenvalue weighted by atomic mass is 16.7. The van der Waals surface area contributed by atoms with Crippen LogP contribution in [0.15, 0.2) is 0 Å². The van der Waals surface area contributed by atoms with Crippen LogP contribution in [0.5, 0.6) is 0 Å². The molecule has 4 fully saturated rings. The molecule has 18 nitrogen and oxygen atoms in total. The molecule has 0 spiro atoms. The summed E-state index contributed by atoms with van der Waals surface area (Å²) in [5.74, 6) is -0.483. The minimum atomic E-state index is -1.58. The van der Waals surface area contributed by atoms with Gasteiger partial charge in [0, 0.05) is 25.2 Å². The number of carbonyl (C=O) groups is 1. The lowest BCUT2D eigenvalue weighted by atomic mass is 9.80. The van der Waals surface area contributed by atoms with E-state index >= 15 is 0 Å². The first-order chi connectivity index (χ1) is 20.9. The number of aliphatic hydroxyl groups is 6. The molecule has 44 heavy (non-hydrogen) atoms. The number of hydrogen-bond acceptors (Lipinski definition) is 17. The van der Waals surface area contributed by atoms with Crippen molar-refractivity contribution in [3.8, 4) is 0 Å². The monoisotopic (exact) mass is 637 g/mol. The quantitative estimate of drug-likeness (QED) is 0.0944. The molecule has 2 aliphatic carbocycles. The summed E-state index contributed by atoms with van der Waals surface area (Å²) in [5, 5.41) is 68.7. The van der Waals surface area contributed by atoms with Crippen molar-refractivity contribution < 1.29 is 54.4 Å². The van der Waals surface area contributed by atoms with Crippen LogP contribution in [0.2, 0.25) is 0 Å². The summed E-state index contributed by atoms with van der Waals surface area (Å²) < 4.78 is 23.8. The Bertz CT molecular complexity index is 922. The molecule has 0 aromatic rings. The molecule has 4 rings (SSSR count). The summed E-state index contributed by atoms with van der Waals surface area (Å²) >= 11 is 0. The van der Waals surface area contributed by atoms with Gasteiger partial charge in [0.2, 0.25) is 5.91 Å². The van der Waals surface area contributed by atoms with Crippen LogP contribution in [0, 0.1) is 5.92 Å². The third-order valence-electron chi connectivity index (χ3n) is 9.13. The van der Waals surface area contributed by atoms with Gasteiger partial charge in [-0.05, 0) is 38.1 Å². The number of nitrogens with two attached hydrogens (primary N) is 5. The molecule has 2 saturated carbocycles. The minimum absolute atomic E-state index is 0.0167. The van der Waals surface area contributed by atoms with Crippen molar-refractivity contribution in [1.29, 1.82) is 0 Å². The zero-order chi connectivity index (χ0) is 32.3. The standard InChI is InChI=1S/C26H51N7O11/c27-5-15(36)24(40)33-12-3-11(30)22(21(39)23(12)44-26-20(38)18(31)19(37)17(8-34)42-26)43-25-13(4-14(35)16(6-28)41-25)32-7-9-1-10(29)2-9/h9-23,25-26,32,34-39H,1-8,27-31H2,(H,33,40)/t9?,10?,11-,12+,13+,14-,15-,16+,17+,18-,19+,20+,21-,22+,23-,25+,26+/m0/s1. The smallest absolute Gasteiger partial charge is 0.250 e. The average molecular weight is 638 g/mol. The first-order valence-electron chi connectivity index (χ1n) is 15.2. The number of rotatable bonds is 12. The summed E-state index contributed by atoms with van der Waals surface area (Å²) in [6, 6.07) is -3.52. The lowest BCUT2D eigenvalue weighted by Crippen LogP contribution is -2.69. The first-order valence-corrected chi connectivity index (χ1v) is 15.2. The van der Waals surface area contributed by atoms with E-state index in [-0.39, 0.29) is 32.0 Å². The molecule has 4 aliphatic rings. The zero-order valence-corrected chi connectivity index (χ0v) is 24.6. The van der Waals surface area contributed by atoms with Gasteiger partial charge in [-0.2, -0.15) is 0 Å². The van der Waals surface area contributed by atoms with E-state index in [1.54, 1.807) is 0 Å². The number of hydrogen-bond donors (Lipinski definition) is 13. The van der Waals surface area contributed by atoms with Crippen LogP contribution in [0.1, 0.15) is 25.7 Å². The Hall–Kier alpha value is -1.17. The number of aliphatic hydroxyl groups excluding tert-OH is 6. The van der Waals surface area contributed by atoms with E-state index in [0.29, 0.717) is 12.5 Å². The van der Waals surface area contributed by atoms with Crippen molar-refractivity contribution in [2.24, 2.45) is 34.6 Å². The number of amides is 1. The Morgan fingerprint density at radius 3 is 2.14 bits per heavy atom. The maximum atomic E-state index is 12.6. The highest BCUT2D eigenvalue weighted by Gasteiger charge is 2.51. The van der Waals surface area contributed by atoms with Crippen LogP contribution >= 0.6 is 0 Å².